The molecule has 1 aromatic carbocycles. The zero-order valence-corrected chi connectivity index (χ0v) is 25.0. The Bertz CT molecular complexity index is 682. The second-order valence-corrected chi connectivity index (χ2v) is 11.9. The van der Waals surface area contributed by atoms with E-state index in [1.54, 1.807) is 34.5 Å². The van der Waals surface area contributed by atoms with Crippen molar-refractivity contribution in [2.75, 3.05) is 28.4 Å². The highest BCUT2D eigenvalue weighted by Crippen LogP contribution is 2.19. The first kappa shape index (κ1) is 34.3. The lowest BCUT2D eigenvalue weighted by atomic mass is 10.1. The van der Waals surface area contributed by atoms with E-state index in [-0.39, 0.29) is 12.1 Å². The summed E-state index contributed by atoms with van der Waals surface area (Å²) in [6.07, 6.45) is 16.2. The summed E-state index contributed by atoms with van der Waals surface area (Å²) in [5.74, 6) is 0.459. The highest BCUT2D eigenvalue weighted by Gasteiger charge is 2.36. The van der Waals surface area contributed by atoms with Crippen LogP contribution in [0.3, 0.4) is 0 Å². The standard InChI is InChI=1S/C18H26O3.C11H26O3Si/c1-4-6-7-11-16(5-2)21-18(19)14-13-15-10-8-9-12-17(15)20-3;1-5-6-7-8-9-10-11-15(12-2,13-3)14-4/h8-10,12-14,16H,4-7,11H2,1-3H3;5-11H2,1-4H3/b14-13+;. The fourth-order valence-electron chi connectivity index (χ4n) is 3.81. The molecule has 0 heterocycles. The van der Waals surface area contributed by atoms with Crippen molar-refractivity contribution in [3.05, 3.63) is 35.9 Å². The summed E-state index contributed by atoms with van der Waals surface area (Å²) in [4.78, 5) is 11.9. The molecule has 0 N–H and O–H groups in total. The normalized spacial score (nSPS) is 12.2. The van der Waals surface area contributed by atoms with E-state index in [4.69, 9.17) is 22.8 Å². The number of carbonyl (C=O) groups is 1. The second-order valence-electron chi connectivity index (χ2n) is 8.85. The molecular formula is C29H52O6Si. The number of carbonyl (C=O) groups excluding carboxylic acids is 1. The van der Waals surface area contributed by atoms with Gasteiger partial charge in [0.2, 0.25) is 0 Å². The molecule has 0 spiro atoms. The maximum Gasteiger partial charge on any atom is 0.500 e. The molecule has 1 unspecified atom stereocenters. The average molecular weight is 525 g/mol. The van der Waals surface area contributed by atoms with Crippen LogP contribution in [0.15, 0.2) is 30.3 Å². The quantitative estimate of drug-likeness (QED) is 0.0795. The van der Waals surface area contributed by atoms with E-state index in [1.807, 2.05) is 31.2 Å². The Hall–Kier alpha value is -1.67. The SMILES string of the molecule is CCCCCC(CC)OC(=O)/C=C/c1ccccc1OC.CCCCCCCC[Si](OC)(OC)OC. The zero-order chi connectivity index (χ0) is 27.1. The Kier molecular flexibility index (Phi) is 21.5. The number of hydrogen-bond acceptors (Lipinski definition) is 6. The lowest BCUT2D eigenvalue weighted by Crippen LogP contribution is -2.42. The molecule has 0 saturated carbocycles. The molecule has 1 aromatic rings. The number of unbranched alkanes of at least 4 members (excludes halogenated alkanes) is 7. The highest BCUT2D eigenvalue weighted by atomic mass is 28.4. The van der Waals surface area contributed by atoms with Crippen LogP contribution < -0.4 is 4.74 Å². The van der Waals surface area contributed by atoms with Crippen LogP contribution >= 0.6 is 0 Å². The number of methoxy groups -OCH3 is 1. The predicted molar refractivity (Wildman–Crippen MR) is 151 cm³/mol. The molecular weight excluding hydrogens is 472 g/mol. The minimum absolute atomic E-state index is 0.0198. The molecule has 1 rings (SSSR count). The Balaban J connectivity index is 0.000000723. The first-order chi connectivity index (χ1) is 17.4. The van der Waals surface area contributed by atoms with Gasteiger partial charge in [-0.2, -0.15) is 0 Å². The average Bonchev–Trinajstić information content (AvgIpc) is 2.92. The first-order valence-electron chi connectivity index (χ1n) is 13.6. The fourth-order valence-corrected chi connectivity index (χ4v) is 5.61. The molecule has 0 saturated heterocycles. The molecule has 0 aliphatic heterocycles. The molecule has 0 aliphatic carbocycles. The molecule has 6 nitrogen and oxygen atoms in total. The predicted octanol–water partition coefficient (Wildman–Crippen LogP) is 7.84. The molecule has 7 heteroatoms. The van der Waals surface area contributed by atoms with Gasteiger partial charge in [0.1, 0.15) is 11.9 Å². The van der Waals surface area contributed by atoms with Crippen molar-refractivity contribution in [1.29, 1.82) is 0 Å². The molecule has 0 fully saturated rings. The van der Waals surface area contributed by atoms with E-state index < -0.39 is 8.80 Å². The molecule has 0 aromatic heterocycles. The Morgan fingerprint density at radius 1 is 0.833 bits per heavy atom. The Morgan fingerprint density at radius 2 is 1.42 bits per heavy atom. The van der Waals surface area contributed by atoms with Gasteiger partial charge in [-0.15, -0.1) is 0 Å². The highest BCUT2D eigenvalue weighted by molar-refractivity contribution is 6.60. The summed E-state index contributed by atoms with van der Waals surface area (Å²) in [6, 6.07) is 8.51. The van der Waals surface area contributed by atoms with Gasteiger partial charge < -0.3 is 22.8 Å². The molecule has 0 amide bonds. The molecule has 1 atom stereocenters. The summed E-state index contributed by atoms with van der Waals surface area (Å²) in [5, 5.41) is 0. The Morgan fingerprint density at radius 3 is 2.00 bits per heavy atom. The number of hydrogen-bond donors (Lipinski definition) is 0. The third-order valence-electron chi connectivity index (χ3n) is 6.18. The maximum absolute atomic E-state index is 11.9. The number of rotatable bonds is 19. The Labute approximate surface area is 222 Å². The lowest BCUT2D eigenvalue weighted by molar-refractivity contribution is -0.143. The molecule has 36 heavy (non-hydrogen) atoms. The van der Waals surface area contributed by atoms with E-state index in [2.05, 4.69) is 13.8 Å². The summed E-state index contributed by atoms with van der Waals surface area (Å²) in [5.41, 5.74) is 0.871. The van der Waals surface area contributed by atoms with E-state index in [9.17, 15) is 4.79 Å². The summed E-state index contributed by atoms with van der Waals surface area (Å²) >= 11 is 0. The molecule has 208 valence electrons. The van der Waals surface area contributed by atoms with Crippen LogP contribution in [0, 0.1) is 0 Å². The van der Waals surface area contributed by atoms with Gasteiger partial charge in [-0.05, 0) is 37.8 Å². The maximum atomic E-state index is 11.9. The van der Waals surface area contributed by atoms with Gasteiger partial charge in [0.15, 0.2) is 0 Å². The summed E-state index contributed by atoms with van der Waals surface area (Å²) < 4.78 is 26.8. The van der Waals surface area contributed by atoms with Crippen LogP contribution in [0.1, 0.15) is 97.0 Å². The van der Waals surface area contributed by atoms with E-state index in [1.165, 1.54) is 51.0 Å². The van der Waals surface area contributed by atoms with Gasteiger partial charge in [-0.25, -0.2) is 4.79 Å². The zero-order valence-electron chi connectivity index (χ0n) is 24.0. The minimum atomic E-state index is -2.29. The molecule has 0 bridgehead atoms. The van der Waals surface area contributed by atoms with E-state index in [0.717, 1.165) is 43.0 Å². The van der Waals surface area contributed by atoms with E-state index in [0.29, 0.717) is 0 Å². The van der Waals surface area contributed by atoms with Crippen LogP contribution in [0.2, 0.25) is 6.04 Å². The van der Waals surface area contributed by atoms with Crippen LogP contribution in [-0.4, -0.2) is 49.3 Å². The van der Waals surface area contributed by atoms with Gasteiger partial charge in [-0.1, -0.05) is 83.9 Å². The van der Waals surface area contributed by atoms with Gasteiger partial charge in [-0.3, -0.25) is 0 Å². The van der Waals surface area contributed by atoms with Gasteiger partial charge in [0.25, 0.3) is 0 Å². The third-order valence-corrected chi connectivity index (χ3v) is 9.01. The monoisotopic (exact) mass is 524 g/mol. The van der Waals surface area contributed by atoms with Crippen molar-refractivity contribution in [3.8, 4) is 5.75 Å². The molecule has 0 radical (unpaired) electrons. The topological polar surface area (TPSA) is 63.2 Å². The van der Waals surface area contributed by atoms with Crippen LogP contribution in [0.4, 0.5) is 0 Å². The minimum Gasteiger partial charge on any atom is -0.496 e. The first-order valence-corrected chi connectivity index (χ1v) is 15.6. The van der Waals surface area contributed by atoms with Gasteiger partial charge >= 0.3 is 14.8 Å². The third kappa shape index (κ3) is 15.4. The van der Waals surface area contributed by atoms with Gasteiger partial charge in [0.05, 0.1) is 7.11 Å². The summed E-state index contributed by atoms with van der Waals surface area (Å²) in [7, 11) is 4.36. The van der Waals surface area contributed by atoms with Crippen molar-refractivity contribution >= 4 is 20.8 Å². The lowest BCUT2D eigenvalue weighted by Gasteiger charge is -2.24. The van der Waals surface area contributed by atoms with Crippen molar-refractivity contribution in [1.82, 2.24) is 0 Å². The van der Waals surface area contributed by atoms with Crippen LogP contribution in [0.5, 0.6) is 5.75 Å². The van der Waals surface area contributed by atoms with Crippen LogP contribution in [-0.2, 0) is 22.8 Å². The second kappa shape index (κ2) is 22.5. The van der Waals surface area contributed by atoms with Crippen molar-refractivity contribution < 1.29 is 27.5 Å². The van der Waals surface area contributed by atoms with Crippen molar-refractivity contribution in [3.63, 3.8) is 0 Å². The number of ether oxygens (including phenoxy) is 2. The van der Waals surface area contributed by atoms with E-state index >= 15 is 0 Å². The van der Waals surface area contributed by atoms with Crippen molar-refractivity contribution in [2.45, 2.75) is 104 Å². The smallest absolute Gasteiger partial charge is 0.496 e. The van der Waals surface area contributed by atoms with Crippen molar-refractivity contribution in [2.24, 2.45) is 0 Å². The van der Waals surface area contributed by atoms with Gasteiger partial charge in [0, 0.05) is 39.0 Å². The largest absolute Gasteiger partial charge is 0.500 e. The number of esters is 1. The molecule has 0 aliphatic rings. The number of para-hydroxylation sites is 1. The summed E-state index contributed by atoms with van der Waals surface area (Å²) in [6.45, 7) is 6.45. The fraction of sp³-hybridized carbons (Fsp3) is 0.690. The van der Waals surface area contributed by atoms with Crippen LogP contribution in [0.25, 0.3) is 6.08 Å². The number of benzene rings is 1.